The van der Waals surface area contributed by atoms with E-state index in [2.05, 4.69) is 22.8 Å². The largest absolute Gasteiger partial charge is 0.490 e. The van der Waals surface area contributed by atoms with Crippen LogP contribution in [0.25, 0.3) is 0 Å². The van der Waals surface area contributed by atoms with Gasteiger partial charge in [-0.25, -0.2) is 4.79 Å². The van der Waals surface area contributed by atoms with E-state index < -0.39 is 12.1 Å². The van der Waals surface area contributed by atoms with Crippen molar-refractivity contribution in [2.45, 2.75) is 37.8 Å². The average Bonchev–Trinajstić information content (AvgIpc) is 3.41. The summed E-state index contributed by atoms with van der Waals surface area (Å²) < 4.78 is 31.7. The minimum Gasteiger partial charge on any atom is -0.475 e. The molecule has 2 fully saturated rings. The van der Waals surface area contributed by atoms with Gasteiger partial charge in [0.2, 0.25) is 5.91 Å². The first-order valence-corrected chi connectivity index (χ1v) is 8.19. The van der Waals surface area contributed by atoms with Crippen LogP contribution in [0, 0.1) is 5.92 Å². The second-order valence-electron chi connectivity index (χ2n) is 6.23. The van der Waals surface area contributed by atoms with E-state index in [-0.39, 0.29) is 11.8 Å². The van der Waals surface area contributed by atoms with Crippen molar-refractivity contribution in [1.29, 1.82) is 0 Å². The van der Waals surface area contributed by atoms with Gasteiger partial charge in [-0.15, -0.1) is 0 Å². The zero-order valence-electron chi connectivity index (χ0n) is 13.6. The molecule has 0 radical (unpaired) electrons. The van der Waals surface area contributed by atoms with Crippen molar-refractivity contribution >= 4 is 17.6 Å². The summed E-state index contributed by atoms with van der Waals surface area (Å²) in [5.74, 6) is -1.70. The highest BCUT2D eigenvalue weighted by molar-refractivity contribution is 5.92. The topological polar surface area (TPSA) is 78.4 Å². The molecule has 138 valence electrons. The zero-order valence-corrected chi connectivity index (χ0v) is 13.6. The smallest absolute Gasteiger partial charge is 0.475 e. The molecule has 1 aliphatic carbocycles. The molecule has 0 spiro atoms. The number of aliphatic carboxylic acids is 1. The SMILES string of the molecule is O=C(Nc1ccc(C2CC2)cc1)[C@@H]1CCCNC1.O=C(O)C(F)(F)F. The molecule has 8 heteroatoms. The van der Waals surface area contributed by atoms with Crippen LogP contribution in [0.15, 0.2) is 24.3 Å². The quantitative estimate of drug-likeness (QED) is 0.776. The van der Waals surface area contributed by atoms with Crippen LogP contribution >= 0.6 is 0 Å². The summed E-state index contributed by atoms with van der Waals surface area (Å²) in [7, 11) is 0. The third kappa shape index (κ3) is 6.38. The average molecular weight is 358 g/mol. The molecule has 1 saturated carbocycles. The van der Waals surface area contributed by atoms with E-state index >= 15 is 0 Å². The van der Waals surface area contributed by atoms with E-state index in [1.54, 1.807) is 0 Å². The summed E-state index contributed by atoms with van der Waals surface area (Å²) >= 11 is 0. The molecule has 1 heterocycles. The van der Waals surface area contributed by atoms with E-state index in [4.69, 9.17) is 9.90 Å². The van der Waals surface area contributed by atoms with Gasteiger partial charge in [-0.05, 0) is 55.8 Å². The molecule has 25 heavy (non-hydrogen) atoms. The normalized spacial score (nSPS) is 20.2. The van der Waals surface area contributed by atoms with Gasteiger partial charge in [0.1, 0.15) is 0 Å². The third-order valence-corrected chi connectivity index (χ3v) is 4.14. The molecule has 3 N–H and O–H groups in total. The van der Waals surface area contributed by atoms with E-state index in [1.165, 1.54) is 18.4 Å². The Balaban J connectivity index is 0.000000277. The molecular formula is C17H21F3N2O3. The number of benzene rings is 1. The lowest BCUT2D eigenvalue weighted by Gasteiger charge is -2.21. The molecule has 1 aromatic rings. The van der Waals surface area contributed by atoms with Crippen molar-refractivity contribution in [2.24, 2.45) is 5.92 Å². The Morgan fingerprint density at radius 2 is 1.72 bits per heavy atom. The standard InChI is InChI=1S/C15H20N2O.C2HF3O2/c18-15(13-2-1-9-16-10-13)17-14-7-5-12(6-8-14)11-3-4-11;3-2(4,5)1(6)7/h5-8,11,13,16H,1-4,9-10H2,(H,17,18);(H,6,7)/t13-;/m1./s1. The summed E-state index contributed by atoms with van der Waals surface area (Å²) in [6.45, 7) is 1.85. The first kappa shape index (κ1) is 19.2. The van der Waals surface area contributed by atoms with Crippen LogP contribution < -0.4 is 10.6 Å². The highest BCUT2D eigenvalue weighted by Gasteiger charge is 2.38. The predicted molar refractivity (Wildman–Crippen MR) is 86.3 cm³/mol. The number of carbonyl (C=O) groups excluding carboxylic acids is 1. The summed E-state index contributed by atoms with van der Waals surface area (Å²) in [5.41, 5.74) is 2.34. The number of rotatable bonds is 3. The van der Waals surface area contributed by atoms with Gasteiger partial charge in [-0.1, -0.05) is 12.1 Å². The Hall–Kier alpha value is -2.09. The fraction of sp³-hybridized carbons (Fsp3) is 0.529. The molecule has 1 aliphatic heterocycles. The number of anilines is 1. The van der Waals surface area contributed by atoms with Gasteiger partial charge >= 0.3 is 12.1 Å². The lowest BCUT2D eigenvalue weighted by Crippen LogP contribution is -2.37. The number of nitrogens with one attached hydrogen (secondary N) is 2. The van der Waals surface area contributed by atoms with E-state index in [1.807, 2.05) is 12.1 Å². The predicted octanol–water partition coefficient (Wildman–Crippen LogP) is 3.14. The third-order valence-electron chi connectivity index (χ3n) is 4.14. The number of halogens is 3. The molecule has 0 aromatic heterocycles. The van der Waals surface area contributed by atoms with Gasteiger partial charge in [0, 0.05) is 12.2 Å². The van der Waals surface area contributed by atoms with Crippen LogP contribution in [-0.2, 0) is 9.59 Å². The Labute approximate surface area is 143 Å². The second kappa shape index (κ2) is 8.33. The highest BCUT2D eigenvalue weighted by atomic mass is 19.4. The summed E-state index contributed by atoms with van der Waals surface area (Å²) in [6.07, 6.45) is -0.351. The maximum Gasteiger partial charge on any atom is 0.490 e. The Bertz CT molecular complexity index is 592. The summed E-state index contributed by atoms with van der Waals surface area (Å²) in [4.78, 5) is 20.9. The van der Waals surface area contributed by atoms with Gasteiger partial charge in [-0.3, -0.25) is 4.79 Å². The number of amides is 1. The number of carboxylic acids is 1. The molecule has 1 atom stereocenters. The number of hydrogen-bond acceptors (Lipinski definition) is 3. The van der Waals surface area contributed by atoms with Gasteiger partial charge in [0.25, 0.3) is 0 Å². The van der Waals surface area contributed by atoms with Crippen molar-refractivity contribution in [1.82, 2.24) is 5.32 Å². The van der Waals surface area contributed by atoms with Crippen LogP contribution in [0.5, 0.6) is 0 Å². The van der Waals surface area contributed by atoms with Crippen LogP contribution in [0.1, 0.15) is 37.2 Å². The monoisotopic (exact) mass is 358 g/mol. The second-order valence-corrected chi connectivity index (χ2v) is 6.23. The number of carbonyl (C=O) groups is 2. The molecule has 1 saturated heterocycles. The lowest BCUT2D eigenvalue weighted by atomic mass is 9.99. The maximum atomic E-state index is 12.0. The molecule has 3 rings (SSSR count). The van der Waals surface area contributed by atoms with E-state index in [0.29, 0.717) is 0 Å². The summed E-state index contributed by atoms with van der Waals surface area (Å²) in [5, 5.41) is 13.4. The first-order valence-electron chi connectivity index (χ1n) is 8.19. The molecule has 1 aromatic carbocycles. The molecule has 0 unspecified atom stereocenters. The fourth-order valence-electron chi connectivity index (χ4n) is 2.58. The van der Waals surface area contributed by atoms with Crippen LogP contribution in [0.4, 0.5) is 18.9 Å². The number of alkyl halides is 3. The molecule has 5 nitrogen and oxygen atoms in total. The Kier molecular flexibility index (Phi) is 6.41. The molecule has 0 bridgehead atoms. The van der Waals surface area contributed by atoms with Crippen molar-refractivity contribution in [3.05, 3.63) is 29.8 Å². The maximum absolute atomic E-state index is 12.0. The van der Waals surface area contributed by atoms with Crippen LogP contribution in [0.2, 0.25) is 0 Å². The van der Waals surface area contributed by atoms with Crippen molar-refractivity contribution in [3.8, 4) is 0 Å². The highest BCUT2D eigenvalue weighted by Crippen LogP contribution is 2.40. The molecule has 1 amide bonds. The molecular weight excluding hydrogens is 337 g/mol. The first-order chi connectivity index (χ1) is 11.8. The van der Waals surface area contributed by atoms with Gasteiger partial charge in [-0.2, -0.15) is 13.2 Å². The minimum atomic E-state index is -5.08. The molecule has 2 aliphatic rings. The van der Waals surface area contributed by atoms with Crippen molar-refractivity contribution < 1.29 is 27.9 Å². The minimum absolute atomic E-state index is 0.127. The Morgan fingerprint density at radius 3 is 2.16 bits per heavy atom. The van der Waals surface area contributed by atoms with Gasteiger partial charge in [0.15, 0.2) is 0 Å². The van der Waals surface area contributed by atoms with E-state index in [9.17, 15) is 18.0 Å². The number of carboxylic acid groups (broad SMARTS) is 1. The van der Waals surface area contributed by atoms with Crippen molar-refractivity contribution in [2.75, 3.05) is 18.4 Å². The number of hydrogen-bond donors (Lipinski definition) is 3. The fourth-order valence-corrected chi connectivity index (χ4v) is 2.58. The number of piperidine rings is 1. The van der Waals surface area contributed by atoms with Gasteiger partial charge in [0.05, 0.1) is 5.92 Å². The van der Waals surface area contributed by atoms with E-state index in [0.717, 1.165) is 37.5 Å². The van der Waals surface area contributed by atoms with Crippen LogP contribution in [0.3, 0.4) is 0 Å². The van der Waals surface area contributed by atoms with Crippen LogP contribution in [-0.4, -0.2) is 36.2 Å². The van der Waals surface area contributed by atoms with Gasteiger partial charge < -0.3 is 15.7 Å². The zero-order chi connectivity index (χ0) is 18.4. The summed E-state index contributed by atoms with van der Waals surface area (Å²) in [6, 6.07) is 8.35. The van der Waals surface area contributed by atoms with Crippen molar-refractivity contribution in [3.63, 3.8) is 0 Å². The lowest BCUT2D eigenvalue weighted by molar-refractivity contribution is -0.192. The Morgan fingerprint density at radius 1 is 1.12 bits per heavy atom.